The zero-order valence-electron chi connectivity index (χ0n) is 13.9. The highest BCUT2D eigenvalue weighted by molar-refractivity contribution is 9.10. The minimum absolute atomic E-state index is 0.258. The number of unbranched alkanes of at least 4 members (excludes halogenated alkanes) is 1. The van der Waals surface area contributed by atoms with E-state index in [4.69, 9.17) is 4.74 Å². The van der Waals surface area contributed by atoms with Gasteiger partial charge in [0.1, 0.15) is 5.60 Å². The maximum Gasteiger partial charge on any atom is 0.407 e. The molecule has 1 atom stereocenters. The molecular weight excluding hydrogens is 364 g/mol. The molecule has 1 aromatic heterocycles. The van der Waals surface area contributed by atoms with Gasteiger partial charge < -0.3 is 15.4 Å². The molecular formula is C16H27BrN2O2S. The Morgan fingerprint density at radius 3 is 2.73 bits per heavy atom. The lowest BCUT2D eigenvalue weighted by molar-refractivity contribution is 0.0521. The topological polar surface area (TPSA) is 50.4 Å². The molecule has 0 bridgehead atoms. The van der Waals surface area contributed by atoms with Crippen molar-refractivity contribution in [3.63, 3.8) is 0 Å². The van der Waals surface area contributed by atoms with Crippen LogP contribution in [0.3, 0.4) is 0 Å². The van der Waals surface area contributed by atoms with Crippen molar-refractivity contribution in [3.05, 3.63) is 20.8 Å². The molecule has 0 aliphatic carbocycles. The zero-order valence-corrected chi connectivity index (χ0v) is 16.3. The van der Waals surface area contributed by atoms with Crippen molar-refractivity contribution in [2.24, 2.45) is 0 Å². The number of rotatable bonds is 8. The Labute approximate surface area is 146 Å². The molecule has 0 saturated carbocycles. The van der Waals surface area contributed by atoms with Crippen LogP contribution in [0.2, 0.25) is 0 Å². The summed E-state index contributed by atoms with van der Waals surface area (Å²) in [6.45, 7) is 9.19. The van der Waals surface area contributed by atoms with Crippen molar-refractivity contribution in [1.82, 2.24) is 10.6 Å². The highest BCUT2D eigenvalue weighted by atomic mass is 79.9. The van der Waals surface area contributed by atoms with Crippen LogP contribution in [0.15, 0.2) is 15.9 Å². The fourth-order valence-electron chi connectivity index (χ4n) is 1.94. The van der Waals surface area contributed by atoms with Crippen molar-refractivity contribution < 1.29 is 9.53 Å². The maximum absolute atomic E-state index is 11.7. The van der Waals surface area contributed by atoms with Gasteiger partial charge in [0.25, 0.3) is 0 Å². The van der Waals surface area contributed by atoms with Crippen LogP contribution < -0.4 is 10.6 Å². The van der Waals surface area contributed by atoms with Crippen LogP contribution in [0.1, 0.15) is 51.8 Å². The second-order valence-electron chi connectivity index (χ2n) is 6.33. The number of nitrogens with one attached hydrogen (secondary N) is 2. The van der Waals surface area contributed by atoms with E-state index in [0.29, 0.717) is 6.54 Å². The number of hydrogen-bond donors (Lipinski definition) is 2. The summed E-state index contributed by atoms with van der Waals surface area (Å²) in [4.78, 5) is 13.0. The molecule has 1 heterocycles. The minimum atomic E-state index is -0.459. The molecule has 1 aromatic rings. The SMILES string of the molecule is CCCCC(CNC(=O)OC(C)(C)C)NCc1cc(Br)cs1. The van der Waals surface area contributed by atoms with Crippen molar-refractivity contribution in [2.45, 2.75) is 65.1 Å². The average molecular weight is 391 g/mol. The highest BCUT2D eigenvalue weighted by Gasteiger charge is 2.17. The standard InChI is InChI=1S/C16H27BrN2O2S/c1-5-6-7-13(9-19-15(20)21-16(2,3)4)18-10-14-8-12(17)11-22-14/h8,11,13,18H,5-7,9-10H2,1-4H3,(H,19,20). The van der Waals surface area contributed by atoms with Gasteiger partial charge in [-0.2, -0.15) is 0 Å². The molecule has 0 fully saturated rings. The molecule has 0 aliphatic heterocycles. The summed E-state index contributed by atoms with van der Waals surface area (Å²) < 4.78 is 6.39. The number of hydrogen-bond acceptors (Lipinski definition) is 4. The number of alkyl carbamates (subject to hydrolysis) is 1. The Bertz CT molecular complexity index is 457. The lowest BCUT2D eigenvalue weighted by atomic mass is 10.1. The molecule has 1 amide bonds. The molecule has 0 spiro atoms. The van der Waals surface area contributed by atoms with Gasteiger partial charge in [-0.15, -0.1) is 11.3 Å². The van der Waals surface area contributed by atoms with E-state index in [0.717, 1.165) is 30.3 Å². The first kappa shape index (κ1) is 19.5. The minimum Gasteiger partial charge on any atom is -0.444 e. The number of carbonyl (C=O) groups excluding carboxylic acids is 1. The highest BCUT2D eigenvalue weighted by Crippen LogP contribution is 2.19. The Balaban J connectivity index is 2.41. The van der Waals surface area contributed by atoms with Gasteiger partial charge in [0.05, 0.1) is 0 Å². The first-order chi connectivity index (χ1) is 10.3. The summed E-state index contributed by atoms with van der Waals surface area (Å²) in [5.41, 5.74) is -0.459. The summed E-state index contributed by atoms with van der Waals surface area (Å²) in [7, 11) is 0. The lowest BCUT2D eigenvalue weighted by Gasteiger charge is -2.22. The number of carbonyl (C=O) groups is 1. The zero-order chi connectivity index (χ0) is 16.6. The van der Waals surface area contributed by atoms with Gasteiger partial charge in [0.2, 0.25) is 0 Å². The maximum atomic E-state index is 11.7. The van der Waals surface area contributed by atoms with Crippen LogP contribution in [0, 0.1) is 0 Å². The van der Waals surface area contributed by atoms with E-state index < -0.39 is 5.60 Å². The predicted octanol–water partition coefficient (Wildman–Crippen LogP) is 4.68. The predicted molar refractivity (Wildman–Crippen MR) is 96.4 cm³/mol. The van der Waals surface area contributed by atoms with Gasteiger partial charge in [0, 0.05) is 33.9 Å². The van der Waals surface area contributed by atoms with Crippen molar-refractivity contribution in [2.75, 3.05) is 6.54 Å². The van der Waals surface area contributed by atoms with E-state index in [1.54, 1.807) is 11.3 Å². The molecule has 22 heavy (non-hydrogen) atoms. The van der Waals surface area contributed by atoms with Crippen LogP contribution >= 0.6 is 27.3 Å². The van der Waals surface area contributed by atoms with E-state index in [1.165, 1.54) is 4.88 Å². The first-order valence-electron chi connectivity index (χ1n) is 7.73. The fraction of sp³-hybridized carbons (Fsp3) is 0.688. The Kier molecular flexibility index (Phi) is 8.43. The quantitative estimate of drug-likeness (QED) is 0.676. The van der Waals surface area contributed by atoms with E-state index in [9.17, 15) is 4.79 Å². The number of amides is 1. The number of ether oxygens (including phenoxy) is 1. The van der Waals surface area contributed by atoms with Gasteiger partial charge in [-0.1, -0.05) is 19.8 Å². The molecule has 6 heteroatoms. The fourth-order valence-corrected chi connectivity index (χ4v) is 3.34. The van der Waals surface area contributed by atoms with E-state index in [1.807, 2.05) is 20.8 Å². The third-order valence-corrected chi connectivity index (χ3v) is 4.68. The van der Waals surface area contributed by atoms with Crippen LogP contribution in [0.4, 0.5) is 4.79 Å². The van der Waals surface area contributed by atoms with Crippen molar-refractivity contribution in [3.8, 4) is 0 Å². The van der Waals surface area contributed by atoms with Gasteiger partial charge in [0.15, 0.2) is 0 Å². The second-order valence-corrected chi connectivity index (χ2v) is 8.25. The van der Waals surface area contributed by atoms with Crippen molar-refractivity contribution >= 4 is 33.4 Å². The average Bonchev–Trinajstić information content (AvgIpc) is 2.81. The second kappa shape index (κ2) is 9.53. The van der Waals surface area contributed by atoms with E-state index >= 15 is 0 Å². The first-order valence-corrected chi connectivity index (χ1v) is 9.40. The summed E-state index contributed by atoms with van der Waals surface area (Å²) in [5, 5.41) is 8.46. The summed E-state index contributed by atoms with van der Waals surface area (Å²) >= 11 is 5.19. The monoisotopic (exact) mass is 390 g/mol. The summed E-state index contributed by atoms with van der Waals surface area (Å²) in [6, 6.07) is 2.38. The largest absolute Gasteiger partial charge is 0.444 e. The van der Waals surface area contributed by atoms with Gasteiger partial charge in [-0.05, 0) is 49.2 Å². The molecule has 0 aromatic carbocycles. The van der Waals surface area contributed by atoms with E-state index in [-0.39, 0.29) is 12.1 Å². The Hall–Kier alpha value is -0.590. The molecule has 1 unspecified atom stereocenters. The molecule has 0 saturated heterocycles. The number of halogens is 1. The van der Waals surface area contributed by atoms with Crippen LogP contribution in [-0.2, 0) is 11.3 Å². The van der Waals surface area contributed by atoms with Gasteiger partial charge >= 0.3 is 6.09 Å². The Morgan fingerprint density at radius 2 is 2.18 bits per heavy atom. The molecule has 4 nitrogen and oxygen atoms in total. The lowest BCUT2D eigenvalue weighted by Crippen LogP contribution is -2.42. The van der Waals surface area contributed by atoms with Crippen LogP contribution in [0.5, 0.6) is 0 Å². The Morgan fingerprint density at radius 1 is 1.45 bits per heavy atom. The summed E-state index contributed by atoms with van der Waals surface area (Å²) in [5.74, 6) is 0. The third-order valence-electron chi connectivity index (χ3n) is 2.98. The van der Waals surface area contributed by atoms with E-state index in [2.05, 4.69) is 44.9 Å². The summed E-state index contributed by atoms with van der Waals surface area (Å²) in [6.07, 6.45) is 2.98. The smallest absolute Gasteiger partial charge is 0.407 e. The van der Waals surface area contributed by atoms with Crippen LogP contribution in [0.25, 0.3) is 0 Å². The van der Waals surface area contributed by atoms with Crippen LogP contribution in [-0.4, -0.2) is 24.3 Å². The number of thiophene rings is 1. The normalized spacial score (nSPS) is 13.0. The molecule has 0 aliphatic rings. The third kappa shape index (κ3) is 8.76. The van der Waals surface area contributed by atoms with Gasteiger partial charge in [-0.3, -0.25) is 0 Å². The molecule has 126 valence electrons. The molecule has 2 N–H and O–H groups in total. The molecule has 0 radical (unpaired) electrons. The van der Waals surface area contributed by atoms with Crippen molar-refractivity contribution in [1.29, 1.82) is 0 Å². The van der Waals surface area contributed by atoms with Gasteiger partial charge in [-0.25, -0.2) is 4.79 Å². The molecule has 1 rings (SSSR count).